The third kappa shape index (κ3) is 5.31. The van der Waals surface area contributed by atoms with Crippen LogP contribution in [0.1, 0.15) is 29.9 Å². The molecule has 0 spiro atoms. The van der Waals surface area contributed by atoms with Gasteiger partial charge in [0, 0.05) is 32.2 Å². The summed E-state index contributed by atoms with van der Waals surface area (Å²) < 4.78 is 26.2. The predicted octanol–water partition coefficient (Wildman–Crippen LogP) is 7.00. The molecule has 13 heteroatoms. The summed E-state index contributed by atoms with van der Waals surface area (Å²) in [6, 6.07) is 22.0. The average molecular weight is 848 g/mol. The van der Waals surface area contributed by atoms with Crippen molar-refractivity contribution in [2.45, 2.75) is 24.2 Å². The number of anilines is 2. The van der Waals surface area contributed by atoms with Gasteiger partial charge in [0.25, 0.3) is 11.8 Å². The van der Waals surface area contributed by atoms with Gasteiger partial charge >= 0.3 is 0 Å². The molecular formula is C40H32ClFIN3O7. The number of phenolic OH excluding ortho intramolecular Hbond substituents is 1. The molecule has 6 atom stereocenters. The highest BCUT2D eigenvalue weighted by atomic mass is 127. The van der Waals surface area contributed by atoms with E-state index in [0.717, 1.165) is 8.58 Å². The minimum Gasteiger partial charge on any atom is -0.507 e. The van der Waals surface area contributed by atoms with Gasteiger partial charge < -0.3 is 14.6 Å². The number of hydrazine groups is 1. The Morgan fingerprint density at radius 1 is 0.887 bits per heavy atom. The van der Waals surface area contributed by atoms with Gasteiger partial charge in [0.15, 0.2) is 0 Å². The summed E-state index contributed by atoms with van der Waals surface area (Å²) in [5, 5.41) is 13.2. The number of rotatable bonds is 7. The molecule has 0 radical (unpaired) electrons. The molecule has 3 fully saturated rings. The number of hydrogen-bond acceptors (Lipinski definition) is 8. The van der Waals surface area contributed by atoms with Crippen LogP contribution in [0.5, 0.6) is 17.2 Å². The molecule has 2 saturated heterocycles. The highest BCUT2D eigenvalue weighted by Gasteiger charge is 2.71. The van der Waals surface area contributed by atoms with Crippen LogP contribution in [0.3, 0.4) is 0 Å². The molecule has 4 aromatic carbocycles. The zero-order valence-corrected chi connectivity index (χ0v) is 31.3. The van der Waals surface area contributed by atoms with Crippen molar-refractivity contribution in [1.82, 2.24) is 5.01 Å². The minimum absolute atomic E-state index is 0.0388. The molecule has 1 saturated carbocycles. The lowest BCUT2D eigenvalue weighted by molar-refractivity contribution is -0.138. The number of phenols is 1. The number of methoxy groups -OCH3 is 2. The lowest BCUT2D eigenvalue weighted by atomic mass is 9.49. The van der Waals surface area contributed by atoms with Crippen LogP contribution < -0.4 is 19.8 Å². The van der Waals surface area contributed by atoms with Gasteiger partial charge in [-0.15, -0.1) is 0 Å². The number of hydrogen-bond donors (Lipinski definition) is 2. The van der Waals surface area contributed by atoms with Crippen molar-refractivity contribution in [2.75, 3.05) is 24.5 Å². The molecule has 0 aromatic heterocycles. The normalized spacial score (nSPS) is 26.2. The fraction of sp³-hybridized carbons (Fsp3) is 0.250. The molecule has 2 aliphatic heterocycles. The fourth-order valence-corrected chi connectivity index (χ4v) is 9.46. The quantitative estimate of drug-likeness (QED) is 0.116. The third-order valence-electron chi connectivity index (χ3n) is 11.2. The Bertz CT molecular complexity index is 2220. The van der Waals surface area contributed by atoms with E-state index in [0.29, 0.717) is 33.3 Å². The summed E-state index contributed by atoms with van der Waals surface area (Å²) >= 11 is 8.53. The summed E-state index contributed by atoms with van der Waals surface area (Å²) in [5.74, 6) is -6.58. The van der Waals surface area contributed by atoms with Crippen molar-refractivity contribution < 1.29 is 38.1 Å². The van der Waals surface area contributed by atoms with Crippen LogP contribution in [-0.4, -0.2) is 48.0 Å². The van der Waals surface area contributed by atoms with Crippen molar-refractivity contribution in [2.24, 2.45) is 23.7 Å². The van der Waals surface area contributed by atoms with E-state index in [4.69, 9.17) is 21.1 Å². The standard InChI is InChI=1S/C40H32ClFIN3O7/c1-52-26-17-31(47)34(32(18-26)53-2)35-27-15-16-28-33(38(50)45(36(28)48)25-13-9-23(43)10-14-25)29(27)19-30-37(49)46(44-24-11-7-22(42)8-12-24)39(51)40(30,35)20-3-5-21(41)6-4-20/h3-15,17-18,28-30,33,35,44,47H,16,19H2,1-2H3. The van der Waals surface area contributed by atoms with Crippen LogP contribution >= 0.6 is 34.2 Å². The van der Waals surface area contributed by atoms with E-state index in [2.05, 4.69) is 28.0 Å². The highest BCUT2D eigenvalue weighted by Crippen LogP contribution is 2.66. The highest BCUT2D eigenvalue weighted by molar-refractivity contribution is 14.1. The number of benzene rings is 4. The molecule has 2 heterocycles. The van der Waals surface area contributed by atoms with Crippen LogP contribution in [-0.2, 0) is 24.6 Å². The van der Waals surface area contributed by atoms with Gasteiger partial charge in [0.2, 0.25) is 11.8 Å². The molecule has 4 aliphatic rings. The molecule has 8 rings (SSSR count). The number of nitrogens with one attached hydrogen (secondary N) is 1. The van der Waals surface area contributed by atoms with Gasteiger partial charge in [0.05, 0.1) is 48.8 Å². The van der Waals surface area contributed by atoms with Crippen molar-refractivity contribution >= 4 is 69.2 Å². The number of halogens is 3. The lowest BCUT2D eigenvalue weighted by Gasteiger charge is -2.50. The number of ether oxygens (including phenoxy) is 2. The van der Waals surface area contributed by atoms with Crippen molar-refractivity contribution in [3.05, 3.63) is 122 Å². The zero-order valence-electron chi connectivity index (χ0n) is 28.4. The van der Waals surface area contributed by atoms with Gasteiger partial charge in [-0.1, -0.05) is 35.4 Å². The predicted molar refractivity (Wildman–Crippen MR) is 202 cm³/mol. The van der Waals surface area contributed by atoms with E-state index in [9.17, 15) is 23.9 Å². The van der Waals surface area contributed by atoms with Crippen molar-refractivity contribution in [1.29, 1.82) is 0 Å². The minimum atomic E-state index is -1.70. The van der Waals surface area contributed by atoms with Crippen LogP contribution in [0.25, 0.3) is 0 Å². The first-order valence-corrected chi connectivity index (χ1v) is 18.4. The van der Waals surface area contributed by atoms with E-state index in [-0.39, 0.29) is 35.8 Å². The number of imide groups is 2. The molecule has 2 N–H and O–H groups in total. The molecule has 2 aliphatic carbocycles. The Balaban J connectivity index is 1.36. The third-order valence-corrected chi connectivity index (χ3v) is 12.2. The van der Waals surface area contributed by atoms with E-state index in [1.807, 2.05) is 18.2 Å². The topological polar surface area (TPSA) is 125 Å². The van der Waals surface area contributed by atoms with Gasteiger partial charge in [-0.25, -0.2) is 4.39 Å². The number of carbonyl (C=O) groups is 4. The van der Waals surface area contributed by atoms with Crippen LogP contribution in [0.4, 0.5) is 15.8 Å². The van der Waals surface area contributed by atoms with Gasteiger partial charge in [0.1, 0.15) is 23.1 Å². The number of amides is 4. The Morgan fingerprint density at radius 2 is 1.58 bits per heavy atom. The maximum Gasteiger partial charge on any atom is 0.260 e. The second-order valence-corrected chi connectivity index (χ2v) is 15.3. The lowest BCUT2D eigenvalue weighted by Crippen LogP contribution is -2.53. The first-order chi connectivity index (χ1) is 25.5. The zero-order chi connectivity index (χ0) is 37.3. The fourth-order valence-electron chi connectivity index (χ4n) is 8.98. The van der Waals surface area contributed by atoms with Gasteiger partial charge in [-0.05, 0) is 108 Å². The molecule has 53 heavy (non-hydrogen) atoms. The van der Waals surface area contributed by atoms with E-state index in [1.54, 1.807) is 42.5 Å². The average Bonchev–Trinajstić information content (AvgIpc) is 3.53. The molecule has 270 valence electrons. The Kier molecular flexibility index (Phi) is 8.72. The molecular weight excluding hydrogens is 816 g/mol. The van der Waals surface area contributed by atoms with Gasteiger partial charge in [-0.2, -0.15) is 5.01 Å². The second-order valence-electron chi connectivity index (χ2n) is 13.6. The molecule has 4 amide bonds. The Hall–Kier alpha value is -4.95. The summed E-state index contributed by atoms with van der Waals surface area (Å²) in [6.07, 6.45) is 2.12. The van der Waals surface area contributed by atoms with E-state index >= 15 is 4.79 Å². The number of aromatic hydroxyl groups is 1. The summed E-state index contributed by atoms with van der Waals surface area (Å²) in [5.41, 5.74) is 3.26. The summed E-state index contributed by atoms with van der Waals surface area (Å²) in [4.78, 5) is 60.0. The number of carbonyl (C=O) groups excluding carboxylic acids is 4. The smallest absolute Gasteiger partial charge is 0.260 e. The molecule has 6 unspecified atom stereocenters. The molecule has 10 nitrogen and oxygen atoms in total. The van der Waals surface area contributed by atoms with E-state index in [1.165, 1.54) is 49.5 Å². The van der Waals surface area contributed by atoms with Crippen LogP contribution in [0, 0.1) is 33.1 Å². The van der Waals surface area contributed by atoms with Crippen LogP contribution in [0.15, 0.2) is 96.6 Å². The van der Waals surface area contributed by atoms with Crippen LogP contribution in [0.2, 0.25) is 5.02 Å². The first-order valence-electron chi connectivity index (χ1n) is 16.9. The number of allylic oxidation sites excluding steroid dienone is 2. The largest absolute Gasteiger partial charge is 0.507 e. The maximum atomic E-state index is 15.4. The van der Waals surface area contributed by atoms with Gasteiger partial charge in [-0.3, -0.25) is 29.5 Å². The Morgan fingerprint density at radius 3 is 2.25 bits per heavy atom. The SMILES string of the molecule is COc1cc(O)c(C2C3=CCC4C(=O)N(c5ccc(I)cc5)C(=O)C4C3CC3C(=O)N(Nc4ccc(F)cc4)C(=O)C32c2ccc(Cl)cc2)c(OC)c1. The first kappa shape index (κ1) is 35.1. The Labute approximate surface area is 322 Å². The number of fused-ring (bicyclic) bond motifs is 4. The molecule has 4 aromatic rings. The van der Waals surface area contributed by atoms with E-state index < -0.39 is 58.5 Å². The molecule has 0 bridgehead atoms. The maximum absolute atomic E-state index is 15.4. The second kappa shape index (κ2) is 13.2. The summed E-state index contributed by atoms with van der Waals surface area (Å²) in [6.45, 7) is 0. The van der Waals surface area contributed by atoms with Crippen molar-refractivity contribution in [3.63, 3.8) is 0 Å². The monoisotopic (exact) mass is 847 g/mol. The summed E-state index contributed by atoms with van der Waals surface area (Å²) in [7, 11) is 2.87. The van der Waals surface area contributed by atoms with Crippen molar-refractivity contribution in [3.8, 4) is 17.2 Å². The number of nitrogens with zero attached hydrogens (tertiary/aromatic N) is 2.